The number of aliphatic hydroxyl groups is 1. The Hall–Kier alpha value is -2.57. The quantitative estimate of drug-likeness (QED) is 0.787. The van der Waals surface area contributed by atoms with Gasteiger partial charge < -0.3 is 20.1 Å². The summed E-state index contributed by atoms with van der Waals surface area (Å²) < 4.78 is 5.80. The van der Waals surface area contributed by atoms with Gasteiger partial charge in [-0.25, -0.2) is 0 Å². The summed E-state index contributed by atoms with van der Waals surface area (Å²) in [6.07, 6.45) is 0.705. The van der Waals surface area contributed by atoms with Gasteiger partial charge in [-0.2, -0.15) is 0 Å². The van der Waals surface area contributed by atoms with Crippen molar-refractivity contribution in [1.82, 2.24) is 4.90 Å². The molecule has 2 N–H and O–H groups in total. The van der Waals surface area contributed by atoms with Crippen molar-refractivity contribution in [1.29, 1.82) is 0 Å². The average Bonchev–Trinajstić information content (AvgIpc) is 2.73. The van der Waals surface area contributed by atoms with Crippen molar-refractivity contribution in [2.45, 2.75) is 25.9 Å². The van der Waals surface area contributed by atoms with Crippen LogP contribution in [-0.4, -0.2) is 61.3 Å². The maximum Gasteiger partial charge on any atom is 0.224 e. The normalized spacial score (nSPS) is 18.1. The molecule has 2 aromatic rings. The molecule has 1 unspecified atom stereocenters. The van der Waals surface area contributed by atoms with Gasteiger partial charge in [0, 0.05) is 50.5 Å². The van der Waals surface area contributed by atoms with Gasteiger partial charge in [0.15, 0.2) is 0 Å². The molecule has 1 saturated heterocycles. The van der Waals surface area contributed by atoms with E-state index >= 15 is 0 Å². The van der Waals surface area contributed by atoms with E-state index in [1.54, 1.807) is 0 Å². The number of aryl methyl sites for hydroxylation is 2. The largest absolute Gasteiger partial charge is 0.491 e. The Morgan fingerprint density at radius 1 is 1.07 bits per heavy atom. The number of fused-ring (bicyclic) bond motifs is 1. The number of anilines is 2. The molecule has 1 atom stereocenters. The van der Waals surface area contributed by atoms with Crippen molar-refractivity contribution in [3.8, 4) is 5.75 Å². The average molecular weight is 396 g/mol. The topological polar surface area (TPSA) is 65.0 Å². The van der Waals surface area contributed by atoms with Crippen LogP contribution < -0.4 is 15.0 Å². The summed E-state index contributed by atoms with van der Waals surface area (Å²) in [6.45, 7) is 6.78. The highest BCUT2D eigenvalue weighted by atomic mass is 16.5. The third-order valence-corrected chi connectivity index (χ3v) is 5.65. The van der Waals surface area contributed by atoms with Crippen LogP contribution in [0.2, 0.25) is 0 Å². The van der Waals surface area contributed by atoms with Crippen molar-refractivity contribution in [2.75, 3.05) is 49.5 Å². The van der Waals surface area contributed by atoms with Crippen LogP contribution in [0.1, 0.15) is 17.5 Å². The Labute approximate surface area is 172 Å². The predicted molar refractivity (Wildman–Crippen MR) is 115 cm³/mol. The Morgan fingerprint density at radius 2 is 1.83 bits per heavy atom. The molecule has 6 nitrogen and oxygen atoms in total. The van der Waals surface area contributed by atoms with Crippen LogP contribution in [0.4, 0.5) is 11.4 Å². The van der Waals surface area contributed by atoms with Gasteiger partial charge in [0.05, 0.1) is 0 Å². The van der Waals surface area contributed by atoms with Gasteiger partial charge in [-0.05, 0) is 49.2 Å². The summed E-state index contributed by atoms with van der Waals surface area (Å²) in [7, 11) is 0. The van der Waals surface area contributed by atoms with E-state index in [1.165, 1.54) is 11.3 Å². The molecule has 2 aliphatic heterocycles. The van der Waals surface area contributed by atoms with Crippen molar-refractivity contribution in [2.24, 2.45) is 0 Å². The van der Waals surface area contributed by atoms with Gasteiger partial charge >= 0.3 is 0 Å². The van der Waals surface area contributed by atoms with E-state index in [4.69, 9.17) is 4.74 Å². The molecule has 0 aliphatic carbocycles. The number of piperazine rings is 1. The standard InChI is InChI=1S/C23H29N3O3/c1-17-2-5-19(6-3-17)26-12-10-25(11-13-26)15-20(27)16-29-21-7-8-22-18(14-21)4-9-23(28)24-22/h2-3,5-8,14,20,27H,4,9-13,15-16H2,1H3,(H,24,28). The molecule has 2 heterocycles. The number of amides is 1. The number of hydrogen-bond acceptors (Lipinski definition) is 5. The fourth-order valence-electron chi connectivity index (χ4n) is 3.94. The van der Waals surface area contributed by atoms with E-state index in [2.05, 4.69) is 46.3 Å². The summed E-state index contributed by atoms with van der Waals surface area (Å²) in [5, 5.41) is 13.3. The second-order valence-corrected chi connectivity index (χ2v) is 7.96. The van der Waals surface area contributed by atoms with Crippen molar-refractivity contribution in [3.63, 3.8) is 0 Å². The molecule has 0 spiro atoms. The van der Waals surface area contributed by atoms with Gasteiger partial charge in [0.1, 0.15) is 18.5 Å². The number of aliphatic hydroxyl groups excluding tert-OH is 1. The zero-order valence-electron chi connectivity index (χ0n) is 16.9. The molecule has 1 fully saturated rings. The van der Waals surface area contributed by atoms with E-state index in [0.717, 1.165) is 49.6 Å². The molecule has 29 heavy (non-hydrogen) atoms. The van der Waals surface area contributed by atoms with Gasteiger partial charge in [-0.15, -0.1) is 0 Å². The minimum Gasteiger partial charge on any atom is -0.491 e. The molecule has 0 aromatic heterocycles. The van der Waals surface area contributed by atoms with Crippen molar-refractivity contribution < 1.29 is 14.6 Å². The van der Waals surface area contributed by atoms with Crippen LogP contribution in [-0.2, 0) is 11.2 Å². The third kappa shape index (κ3) is 5.08. The monoisotopic (exact) mass is 395 g/mol. The molecule has 1 amide bonds. The van der Waals surface area contributed by atoms with Crippen molar-refractivity contribution >= 4 is 17.3 Å². The lowest BCUT2D eigenvalue weighted by atomic mass is 10.0. The second-order valence-electron chi connectivity index (χ2n) is 7.96. The minimum absolute atomic E-state index is 0.0593. The zero-order chi connectivity index (χ0) is 20.2. The smallest absolute Gasteiger partial charge is 0.224 e. The number of rotatable bonds is 6. The van der Waals surface area contributed by atoms with Crippen LogP contribution in [0.5, 0.6) is 5.75 Å². The zero-order valence-corrected chi connectivity index (χ0v) is 16.9. The van der Waals surface area contributed by atoms with Crippen LogP contribution in [0.25, 0.3) is 0 Å². The van der Waals surface area contributed by atoms with E-state index in [9.17, 15) is 9.90 Å². The van der Waals surface area contributed by atoms with E-state index < -0.39 is 6.10 Å². The molecule has 2 aromatic carbocycles. The first-order valence-corrected chi connectivity index (χ1v) is 10.3. The van der Waals surface area contributed by atoms with Crippen LogP contribution >= 0.6 is 0 Å². The molecular formula is C23H29N3O3. The number of carbonyl (C=O) groups is 1. The number of nitrogens with zero attached hydrogens (tertiary/aromatic N) is 2. The van der Waals surface area contributed by atoms with E-state index in [-0.39, 0.29) is 12.5 Å². The lowest BCUT2D eigenvalue weighted by Crippen LogP contribution is -2.49. The number of hydrogen-bond donors (Lipinski definition) is 2. The van der Waals surface area contributed by atoms with Crippen LogP contribution in [0.3, 0.4) is 0 Å². The lowest BCUT2D eigenvalue weighted by Gasteiger charge is -2.36. The van der Waals surface area contributed by atoms with Gasteiger partial charge in [0.2, 0.25) is 5.91 Å². The fourth-order valence-corrected chi connectivity index (χ4v) is 3.94. The first-order chi connectivity index (χ1) is 14.1. The van der Waals surface area contributed by atoms with Crippen LogP contribution in [0.15, 0.2) is 42.5 Å². The predicted octanol–water partition coefficient (Wildman–Crippen LogP) is 2.44. The van der Waals surface area contributed by atoms with Gasteiger partial charge in [-0.1, -0.05) is 17.7 Å². The van der Waals surface area contributed by atoms with Crippen molar-refractivity contribution in [3.05, 3.63) is 53.6 Å². The highest BCUT2D eigenvalue weighted by Crippen LogP contribution is 2.27. The minimum atomic E-state index is -0.531. The first kappa shape index (κ1) is 19.7. The summed E-state index contributed by atoms with van der Waals surface area (Å²) in [6, 6.07) is 14.3. The van der Waals surface area contributed by atoms with E-state index in [1.807, 2.05) is 18.2 Å². The lowest BCUT2D eigenvalue weighted by molar-refractivity contribution is -0.116. The molecule has 0 bridgehead atoms. The van der Waals surface area contributed by atoms with Crippen LogP contribution in [0, 0.1) is 6.92 Å². The fraction of sp³-hybridized carbons (Fsp3) is 0.435. The Balaban J connectivity index is 1.22. The number of nitrogens with one attached hydrogen (secondary N) is 1. The molecule has 0 saturated carbocycles. The summed E-state index contributed by atoms with van der Waals surface area (Å²) >= 11 is 0. The Morgan fingerprint density at radius 3 is 2.59 bits per heavy atom. The molecule has 4 rings (SSSR count). The Kier molecular flexibility index (Phi) is 6.02. The molecule has 2 aliphatic rings. The van der Waals surface area contributed by atoms with E-state index in [0.29, 0.717) is 13.0 Å². The SMILES string of the molecule is Cc1ccc(N2CCN(CC(O)COc3ccc4c(c3)CCC(=O)N4)CC2)cc1. The number of β-amino-alcohol motifs (C(OH)–C–C–N with tert-alkyl or cyclic N) is 1. The highest BCUT2D eigenvalue weighted by Gasteiger charge is 2.20. The Bertz CT molecular complexity index is 845. The maximum atomic E-state index is 11.4. The third-order valence-electron chi connectivity index (χ3n) is 5.65. The van der Waals surface area contributed by atoms with Gasteiger partial charge in [0.25, 0.3) is 0 Å². The maximum absolute atomic E-state index is 11.4. The second kappa shape index (κ2) is 8.84. The first-order valence-electron chi connectivity index (χ1n) is 10.3. The number of carbonyl (C=O) groups excluding carboxylic acids is 1. The highest BCUT2D eigenvalue weighted by molar-refractivity contribution is 5.93. The number of ether oxygens (including phenoxy) is 1. The number of benzene rings is 2. The molecule has 0 radical (unpaired) electrons. The molecule has 154 valence electrons. The van der Waals surface area contributed by atoms with Gasteiger partial charge in [-0.3, -0.25) is 9.69 Å². The summed E-state index contributed by atoms with van der Waals surface area (Å²) in [5.74, 6) is 0.798. The summed E-state index contributed by atoms with van der Waals surface area (Å²) in [4.78, 5) is 16.1. The molecular weight excluding hydrogens is 366 g/mol. The molecule has 6 heteroatoms. The summed E-state index contributed by atoms with van der Waals surface area (Å²) in [5.41, 5.74) is 4.49.